The van der Waals surface area contributed by atoms with E-state index in [2.05, 4.69) is 6.58 Å². The molecular weight excluding hydrogens is 79.1 g/mol. The van der Waals surface area contributed by atoms with Crippen molar-refractivity contribution in [3.05, 3.63) is 12.7 Å². The molecule has 0 aromatic heterocycles. The zero-order valence-corrected chi connectivity index (χ0v) is 3.52. The van der Waals surface area contributed by atoms with Crippen molar-refractivity contribution in [1.82, 2.24) is 0 Å². The fourth-order valence-corrected chi connectivity index (χ4v) is 0.425. The van der Waals surface area contributed by atoms with Crippen molar-refractivity contribution < 1.29 is 4.39 Å². The maximum atomic E-state index is 11.7. The number of halogens is 1. The smallest absolute Gasteiger partial charge is 0.107 e. The summed E-state index contributed by atoms with van der Waals surface area (Å²) in [6, 6.07) is 0. The van der Waals surface area contributed by atoms with Crippen molar-refractivity contribution in [1.29, 1.82) is 0 Å². The van der Waals surface area contributed by atoms with Crippen molar-refractivity contribution in [2.75, 3.05) is 0 Å². The average Bonchev–Trinajstić information content (AvgIpc) is 2.19. The second kappa shape index (κ2) is 1.07. The molecule has 0 saturated heterocycles. The maximum Gasteiger partial charge on any atom is 0.107 e. The normalized spacial score (nSPS) is 42.2. The number of rotatable bonds is 1. The summed E-state index contributed by atoms with van der Waals surface area (Å²) in [5.41, 5.74) is 0. The van der Waals surface area contributed by atoms with Crippen LogP contribution in [0.4, 0.5) is 4.39 Å². The van der Waals surface area contributed by atoms with Gasteiger partial charge in [0.15, 0.2) is 0 Å². The molecule has 0 bridgehead atoms. The minimum atomic E-state index is -0.553. The van der Waals surface area contributed by atoms with E-state index in [4.69, 9.17) is 0 Å². The van der Waals surface area contributed by atoms with Crippen LogP contribution < -0.4 is 0 Å². The Balaban J connectivity index is 2.25. The Morgan fingerprint density at radius 3 is 2.33 bits per heavy atom. The molecule has 2 unspecified atom stereocenters. The van der Waals surface area contributed by atoms with Gasteiger partial charge in [-0.1, -0.05) is 6.08 Å². The standard InChI is InChI=1S/C5H7F/c1-2-4-3-5(4)6/h2,4-5H,1,3H2. The van der Waals surface area contributed by atoms with Gasteiger partial charge in [-0.05, 0) is 6.42 Å². The van der Waals surface area contributed by atoms with Gasteiger partial charge in [0, 0.05) is 5.92 Å². The summed E-state index contributed by atoms with van der Waals surface area (Å²) in [5, 5.41) is 0. The first-order valence-electron chi connectivity index (χ1n) is 2.11. The van der Waals surface area contributed by atoms with Gasteiger partial charge >= 0.3 is 0 Å². The molecule has 0 spiro atoms. The number of hydrogen-bond donors (Lipinski definition) is 0. The molecule has 2 atom stereocenters. The third-order valence-corrected chi connectivity index (χ3v) is 1.06. The van der Waals surface area contributed by atoms with Crippen LogP contribution in [0.5, 0.6) is 0 Å². The molecular formula is C5H7F. The molecule has 0 aromatic rings. The van der Waals surface area contributed by atoms with Gasteiger partial charge in [0.1, 0.15) is 6.17 Å². The van der Waals surface area contributed by atoms with Crippen LogP contribution in [0.2, 0.25) is 0 Å². The zero-order chi connectivity index (χ0) is 4.57. The molecule has 1 saturated carbocycles. The lowest BCUT2D eigenvalue weighted by Gasteiger charge is -1.69. The zero-order valence-electron chi connectivity index (χ0n) is 3.52. The van der Waals surface area contributed by atoms with Crippen molar-refractivity contribution in [2.45, 2.75) is 12.6 Å². The van der Waals surface area contributed by atoms with Gasteiger partial charge in [0.25, 0.3) is 0 Å². The van der Waals surface area contributed by atoms with Gasteiger partial charge in [-0.25, -0.2) is 4.39 Å². The highest BCUT2D eigenvalue weighted by molar-refractivity contribution is 4.98. The summed E-state index contributed by atoms with van der Waals surface area (Å²) < 4.78 is 11.7. The molecule has 0 aromatic carbocycles. The molecule has 1 aliphatic rings. The Hall–Kier alpha value is -0.330. The lowest BCUT2D eigenvalue weighted by molar-refractivity contribution is 0.463. The van der Waals surface area contributed by atoms with Gasteiger partial charge in [-0.2, -0.15) is 0 Å². The molecule has 0 N–H and O–H groups in total. The molecule has 34 valence electrons. The highest BCUT2D eigenvalue weighted by Gasteiger charge is 2.33. The third-order valence-electron chi connectivity index (χ3n) is 1.06. The molecule has 0 amide bonds. The summed E-state index contributed by atoms with van der Waals surface area (Å²) in [7, 11) is 0. The van der Waals surface area contributed by atoms with Crippen molar-refractivity contribution in [3.8, 4) is 0 Å². The molecule has 1 heteroatoms. The van der Waals surface area contributed by atoms with Crippen molar-refractivity contribution in [2.24, 2.45) is 5.92 Å². The molecule has 1 fully saturated rings. The van der Waals surface area contributed by atoms with Gasteiger partial charge < -0.3 is 0 Å². The minimum Gasteiger partial charge on any atom is -0.247 e. The number of alkyl halides is 1. The second-order valence-corrected chi connectivity index (χ2v) is 1.65. The van der Waals surface area contributed by atoms with Crippen LogP contribution in [0.1, 0.15) is 6.42 Å². The molecule has 0 nitrogen and oxygen atoms in total. The quantitative estimate of drug-likeness (QED) is 0.424. The number of hydrogen-bond acceptors (Lipinski definition) is 0. The van der Waals surface area contributed by atoms with E-state index in [-0.39, 0.29) is 5.92 Å². The fraction of sp³-hybridized carbons (Fsp3) is 0.600. The van der Waals surface area contributed by atoms with E-state index < -0.39 is 6.17 Å². The molecule has 0 heterocycles. The Morgan fingerprint density at radius 2 is 2.33 bits per heavy atom. The summed E-state index contributed by atoms with van der Waals surface area (Å²) in [5.74, 6) is 0.199. The lowest BCUT2D eigenvalue weighted by Crippen LogP contribution is -1.67. The predicted octanol–water partition coefficient (Wildman–Crippen LogP) is 1.53. The highest BCUT2D eigenvalue weighted by Crippen LogP contribution is 2.33. The lowest BCUT2D eigenvalue weighted by atomic mass is 10.4. The summed E-state index contributed by atoms with van der Waals surface area (Å²) in [4.78, 5) is 0. The Kier molecular flexibility index (Phi) is 0.685. The Labute approximate surface area is 36.7 Å². The van der Waals surface area contributed by atoms with Crippen LogP contribution in [0, 0.1) is 5.92 Å². The van der Waals surface area contributed by atoms with Crippen molar-refractivity contribution >= 4 is 0 Å². The van der Waals surface area contributed by atoms with E-state index in [9.17, 15) is 4.39 Å². The van der Waals surface area contributed by atoms with Gasteiger partial charge in [0.05, 0.1) is 0 Å². The first-order valence-corrected chi connectivity index (χ1v) is 2.11. The van der Waals surface area contributed by atoms with E-state index in [1.807, 2.05) is 0 Å². The topological polar surface area (TPSA) is 0 Å². The van der Waals surface area contributed by atoms with E-state index in [1.165, 1.54) is 0 Å². The summed E-state index contributed by atoms with van der Waals surface area (Å²) in [6.07, 6.45) is 1.83. The van der Waals surface area contributed by atoms with Crippen LogP contribution in [-0.2, 0) is 0 Å². The molecule has 6 heavy (non-hydrogen) atoms. The molecule has 0 aliphatic heterocycles. The van der Waals surface area contributed by atoms with Gasteiger partial charge in [0.2, 0.25) is 0 Å². The molecule has 1 aliphatic carbocycles. The molecule has 0 radical (unpaired) electrons. The number of allylic oxidation sites excluding steroid dienone is 1. The Morgan fingerprint density at radius 1 is 1.83 bits per heavy atom. The minimum absolute atomic E-state index is 0.199. The predicted molar refractivity (Wildman–Crippen MR) is 23.2 cm³/mol. The SMILES string of the molecule is C=CC1CC1F. The fourth-order valence-electron chi connectivity index (χ4n) is 0.425. The first kappa shape index (κ1) is 3.85. The van der Waals surface area contributed by atoms with E-state index >= 15 is 0 Å². The van der Waals surface area contributed by atoms with Crippen LogP contribution in [0.15, 0.2) is 12.7 Å². The van der Waals surface area contributed by atoms with Crippen LogP contribution >= 0.6 is 0 Å². The monoisotopic (exact) mass is 86.1 g/mol. The summed E-state index contributed by atoms with van der Waals surface area (Å²) >= 11 is 0. The van der Waals surface area contributed by atoms with Crippen LogP contribution in [-0.4, -0.2) is 6.17 Å². The molecule has 1 rings (SSSR count). The van der Waals surface area contributed by atoms with Crippen LogP contribution in [0.25, 0.3) is 0 Å². The van der Waals surface area contributed by atoms with E-state index in [0.717, 1.165) is 0 Å². The van der Waals surface area contributed by atoms with Gasteiger partial charge in [-0.3, -0.25) is 0 Å². The Bertz CT molecular complexity index is 68.3. The second-order valence-electron chi connectivity index (χ2n) is 1.65. The highest BCUT2D eigenvalue weighted by atomic mass is 19.1. The van der Waals surface area contributed by atoms with Crippen molar-refractivity contribution in [3.63, 3.8) is 0 Å². The summed E-state index contributed by atoms with van der Waals surface area (Å²) in [6.45, 7) is 3.43. The third kappa shape index (κ3) is 0.445. The first-order chi connectivity index (χ1) is 2.84. The van der Waals surface area contributed by atoms with Crippen LogP contribution in [0.3, 0.4) is 0 Å². The van der Waals surface area contributed by atoms with Gasteiger partial charge in [-0.15, -0.1) is 6.58 Å². The largest absolute Gasteiger partial charge is 0.247 e. The maximum absolute atomic E-state index is 11.7. The average molecular weight is 86.1 g/mol. The van der Waals surface area contributed by atoms with E-state index in [1.54, 1.807) is 6.08 Å². The van der Waals surface area contributed by atoms with E-state index in [0.29, 0.717) is 6.42 Å².